The summed E-state index contributed by atoms with van der Waals surface area (Å²) in [4.78, 5) is 26.1. The van der Waals surface area contributed by atoms with Crippen LogP contribution in [0.3, 0.4) is 0 Å². The van der Waals surface area contributed by atoms with Gasteiger partial charge in [-0.3, -0.25) is 4.79 Å². The average Bonchev–Trinajstić information content (AvgIpc) is 2.72. The Hall–Kier alpha value is -3.60. The molecule has 0 unspecified atom stereocenters. The average molecular weight is 360 g/mol. The lowest BCUT2D eigenvalue weighted by Crippen LogP contribution is -2.47. The molecule has 0 saturated carbocycles. The summed E-state index contributed by atoms with van der Waals surface area (Å²) in [6.45, 7) is 0.0991. The fraction of sp³-hybridized carbons (Fsp3) is 0.0909. The van der Waals surface area contributed by atoms with Crippen molar-refractivity contribution in [1.29, 1.82) is 0 Å². The SMILES string of the molecule is O=C(N[C@@H](CN(c1ccccc1)c1ccccc1)C(=O)O)c1ccccc1. The Balaban J connectivity index is 1.85. The van der Waals surface area contributed by atoms with E-state index >= 15 is 0 Å². The van der Waals surface area contributed by atoms with Crippen LogP contribution in [-0.2, 0) is 4.79 Å². The number of amides is 1. The van der Waals surface area contributed by atoms with Crippen molar-refractivity contribution in [2.24, 2.45) is 0 Å². The Labute approximate surface area is 157 Å². The van der Waals surface area contributed by atoms with E-state index < -0.39 is 17.9 Å². The number of carboxylic acids is 1. The normalized spacial score (nSPS) is 11.4. The monoisotopic (exact) mass is 360 g/mol. The molecule has 3 rings (SSSR count). The van der Waals surface area contributed by atoms with Gasteiger partial charge in [0.05, 0.1) is 6.54 Å². The third kappa shape index (κ3) is 4.73. The van der Waals surface area contributed by atoms with Gasteiger partial charge in [-0.2, -0.15) is 0 Å². The Morgan fingerprint density at radius 3 is 1.67 bits per heavy atom. The van der Waals surface area contributed by atoms with Gasteiger partial charge in [-0.25, -0.2) is 4.79 Å². The zero-order valence-electron chi connectivity index (χ0n) is 14.7. The van der Waals surface area contributed by atoms with E-state index in [0.29, 0.717) is 5.56 Å². The summed E-state index contributed by atoms with van der Waals surface area (Å²) < 4.78 is 0. The number of para-hydroxylation sites is 2. The summed E-state index contributed by atoms with van der Waals surface area (Å²) in [5, 5.41) is 12.3. The van der Waals surface area contributed by atoms with Crippen LogP contribution in [0.2, 0.25) is 0 Å². The highest BCUT2D eigenvalue weighted by Gasteiger charge is 2.24. The van der Waals surface area contributed by atoms with Gasteiger partial charge in [0.1, 0.15) is 6.04 Å². The van der Waals surface area contributed by atoms with Gasteiger partial charge in [0.25, 0.3) is 5.91 Å². The first-order valence-corrected chi connectivity index (χ1v) is 8.61. The molecule has 0 radical (unpaired) electrons. The Bertz CT molecular complexity index is 844. The van der Waals surface area contributed by atoms with Gasteiger partial charge >= 0.3 is 5.97 Å². The predicted octanol–water partition coefficient (Wildman–Crippen LogP) is 3.71. The number of hydrogen-bond acceptors (Lipinski definition) is 3. The van der Waals surface area contributed by atoms with Crippen molar-refractivity contribution in [3.05, 3.63) is 96.6 Å². The quantitative estimate of drug-likeness (QED) is 0.674. The summed E-state index contributed by atoms with van der Waals surface area (Å²) in [6.07, 6.45) is 0. The van der Waals surface area contributed by atoms with E-state index in [4.69, 9.17) is 0 Å². The lowest BCUT2D eigenvalue weighted by Gasteiger charge is -2.28. The highest BCUT2D eigenvalue weighted by Crippen LogP contribution is 2.25. The number of rotatable bonds is 7. The Morgan fingerprint density at radius 1 is 0.778 bits per heavy atom. The van der Waals surface area contributed by atoms with Crippen LogP contribution >= 0.6 is 0 Å². The fourth-order valence-electron chi connectivity index (χ4n) is 2.77. The minimum atomic E-state index is -1.09. The first-order chi connectivity index (χ1) is 13.1. The first kappa shape index (κ1) is 18.2. The largest absolute Gasteiger partial charge is 0.480 e. The molecular formula is C22H20N2O3. The molecule has 27 heavy (non-hydrogen) atoms. The molecule has 5 heteroatoms. The fourth-order valence-corrected chi connectivity index (χ4v) is 2.77. The molecule has 3 aromatic carbocycles. The minimum Gasteiger partial charge on any atom is -0.480 e. The summed E-state index contributed by atoms with van der Waals surface area (Å²) in [5.74, 6) is -1.50. The summed E-state index contributed by atoms with van der Waals surface area (Å²) in [6, 6.07) is 26.5. The molecule has 0 aliphatic carbocycles. The van der Waals surface area contributed by atoms with Crippen LogP contribution in [0.4, 0.5) is 11.4 Å². The van der Waals surface area contributed by atoms with E-state index in [-0.39, 0.29) is 6.54 Å². The molecule has 0 aliphatic heterocycles. The van der Waals surface area contributed by atoms with Gasteiger partial charge in [0.15, 0.2) is 0 Å². The maximum absolute atomic E-state index is 12.4. The van der Waals surface area contributed by atoms with Crippen molar-refractivity contribution in [1.82, 2.24) is 5.32 Å². The second-order valence-corrected chi connectivity index (χ2v) is 6.01. The number of hydrogen-bond donors (Lipinski definition) is 2. The number of aliphatic carboxylic acids is 1. The van der Waals surface area contributed by atoms with E-state index in [2.05, 4.69) is 5.32 Å². The zero-order chi connectivity index (χ0) is 19.1. The van der Waals surface area contributed by atoms with Crippen molar-refractivity contribution in [3.8, 4) is 0 Å². The number of anilines is 2. The van der Waals surface area contributed by atoms with Gasteiger partial charge in [0, 0.05) is 16.9 Å². The van der Waals surface area contributed by atoms with Gasteiger partial charge in [-0.1, -0.05) is 54.6 Å². The van der Waals surface area contributed by atoms with Crippen molar-refractivity contribution >= 4 is 23.3 Å². The number of nitrogens with zero attached hydrogens (tertiary/aromatic N) is 1. The van der Waals surface area contributed by atoms with Crippen LogP contribution in [0, 0.1) is 0 Å². The smallest absolute Gasteiger partial charge is 0.328 e. The Kier molecular flexibility index (Phi) is 5.84. The lowest BCUT2D eigenvalue weighted by atomic mass is 10.1. The van der Waals surface area contributed by atoms with Crippen LogP contribution < -0.4 is 10.2 Å². The van der Waals surface area contributed by atoms with E-state index in [1.807, 2.05) is 65.6 Å². The molecule has 3 aromatic rings. The predicted molar refractivity (Wildman–Crippen MR) is 105 cm³/mol. The third-order valence-electron chi connectivity index (χ3n) is 4.14. The van der Waals surface area contributed by atoms with Crippen molar-refractivity contribution < 1.29 is 14.7 Å². The van der Waals surface area contributed by atoms with Crippen LogP contribution in [0.5, 0.6) is 0 Å². The third-order valence-corrected chi connectivity index (χ3v) is 4.14. The van der Waals surface area contributed by atoms with E-state index in [1.165, 1.54) is 0 Å². The van der Waals surface area contributed by atoms with Crippen LogP contribution in [0.15, 0.2) is 91.0 Å². The topological polar surface area (TPSA) is 69.6 Å². The molecule has 136 valence electrons. The molecule has 0 heterocycles. The second kappa shape index (κ2) is 8.67. The first-order valence-electron chi connectivity index (χ1n) is 8.61. The van der Waals surface area contributed by atoms with Crippen LogP contribution in [0.1, 0.15) is 10.4 Å². The number of carbonyl (C=O) groups excluding carboxylic acids is 1. The lowest BCUT2D eigenvalue weighted by molar-refractivity contribution is -0.138. The van der Waals surface area contributed by atoms with E-state index in [0.717, 1.165) is 11.4 Å². The molecule has 0 fully saturated rings. The van der Waals surface area contributed by atoms with Crippen LogP contribution in [0.25, 0.3) is 0 Å². The second-order valence-electron chi connectivity index (χ2n) is 6.01. The van der Waals surface area contributed by atoms with E-state index in [9.17, 15) is 14.7 Å². The van der Waals surface area contributed by atoms with Crippen molar-refractivity contribution in [2.45, 2.75) is 6.04 Å². The number of benzene rings is 3. The van der Waals surface area contributed by atoms with Gasteiger partial charge in [-0.15, -0.1) is 0 Å². The van der Waals surface area contributed by atoms with Crippen molar-refractivity contribution in [2.75, 3.05) is 11.4 Å². The standard InChI is InChI=1S/C22H20N2O3/c25-21(17-10-4-1-5-11-17)23-20(22(26)27)16-24(18-12-6-2-7-13-18)19-14-8-3-9-15-19/h1-15,20H,16H2,(H,23,25)(H,26,27)/t20-/m0/s1. The molecule has 0 spiro atoms. The number of carbonyl (C=O) groups is 2. The summed E-state index contributed by atoms with van der Waals surface area (Å²) in [5.41, 5.74) is 2.13. The van der Waals surface area contributed by atoms with Crippen molar-refractivity contribution in [3.63, 3.8) is 0 Å². The zero-order valence-corrected chi connectivity index (χ0v) is 14.7. The van der Waals surface area contributed by atoms with Gasteiger partial charge < -0.3 is 15.3 Å². The van der Waals surface area contributed by atoms with Crippen LogP contribution in [-0.4, -0.2) is 29.6 Å². The molecule has 5 nitrogen and oxygen atoms in total. The molecule has 1 amide bonds. The molecule has 0 saturated heterocycles. The minimum absolute atomic E-state index is 0.0991. The molecular weight excluding hydrogens is 340 g/mol. The highest BCUT2D eigenvalue weighted by atomic mass is 16.4. The van der Waals surface area contributed by atoms with Gasteiger partial charge in [-0.05, 0) is 36.4 Å². The highest BCUT2D eigenvalue weighted by molar-refractivity contribution is 5.96. The maximum atomic E-state index is 12.4. The molecule has 1 atom stereocenters. The summed E-state index contributed by atoms with van der Waals surface area (Å²) >= 11 is 0. The Morgan fingerprint density at radius 2 is 1.22 bits per heavy atom. The summed E-state index contributed by atoms with van der Waals surface area (Å²) in [7, 11) is 0. The maximum Gasteiger partial charge on any atom is 0.328 e. The number of carboxylic acid groups (broad SMARTS) is 1. The van der Waals surface area contributed by atoms with E-state index in [1.54, 1.807) is 30.3 Å². The molecule has 2 N–H and O–H groups in total. The molecule has 0 aromatic heterocycles. The number of nitrogens with one attached hydrogen (secondary N) is 1. The molecule has 0 bridgehead atoms. The van der Waals surface area contributed by atoms with Gasteiger partial charge in [0.2, 0.25) is 0 Å². The molecule has 0 aliphatic rings.